The van der Waals surface area contributed by atoms with Gasteiger partial charge in [-0.05, 0) is 36.8 Å². The van der Waals surface area contributed by atoms with Crippen LogP contribution in [0.2, 0.25) is 0 Å². The van der Waals surface area contributed by atoms with Crippen LogP contribution in [0.3, 0.4) is 0 Å². The number of fused-ring (bicyclic) bond motifs is 1. The quantitative estimate of drug-likeness (QED) is 0.742. The van der Waals surface area contributed by atoms with Gasteiger partial charge in [0.05, 0.1) is 24.1 Å². The van der Waals surface area contributed by atoms with Crippen LogP contribution < -0.4 is 16.1 Å². The van der Waals surface area contributed by atoms with Gasteiger partial charge in [0.2, 0.25) is 0 Å². The highest BCUT2D eigenvalue weighted by molar-refractivity contribution is 5.77. The molecule has 1 aromatic heterocycles. The molecule has 5 nitrogen and oxygen atoms in total. The molecule has 0 radical (unpaired) electrons. The fourth-order valence-electron chi connectivity index (χ4n) is 2.36. The smallest absolute Gasteiger partial charge is 0.422 e. The normalized spacial score (nSPS) is 10.8. The Morgan fingerprint density at radius 3 is 2.50 bits per heavy atom. The summed E-state index contributed by atoms with van der Waals surface area (Å²) in [7, 11) is 0. The topological polar surface area (TPSA) is 61.4 Å². The number of benzene rings is 2. The second kappa shape index (κ2) is 5.89. The van der Waals surface area contributed by atoms with Crippen molar-refractivity contribution >= 4 is 10.9 Å². The molecule has 0 N–H and O–H groups in total. The third-order valence-electron chi connectivity index (χ3n) is 3.39. The number of hydrogen-bond donors (Lipinski definition) is 0. The summed E-state index contributed by atoms with van der Waals surface area (Å²) in [5.41, 5.74) is 0.880. The molecule has 5 heteroatoms. The van der Waals surface area contributed by atoms with Crippen LogP contribution in [-0.2, 0) is 6.54 Å². The van der Waals surface area contributed by atoms with Gasteiger partial charge in [0.25, 0.3) is 0 Å². The molecule has 0 saturated carbocycles. The molecular weight excluding hydrogens is 282 g/mol. The van der Waals surface area contributed by atoms with Crippen LogP contribution in [-0.4, -0.2) is 11.2 Å². The average molecular weight is 297 g/mol. The molecule has 3 aromatic rings. The first-order valence-corrected chi connectivity index (χ1v) is 7.03. The van der Waals surface area contributed by atoms with E-state index in [4.69, 9.17) is 9.15 Å². The summed E-state index contributed by atoms with van der Waals surface area (Å²) in [4.78, 5) is 23.7. The molecular formula is C17H15NO4. The van der Waals surface area contributed by atoms with Crippen molar-refractivity contribution in [3.63, 3.8) is 0 Å². The van der Waals surface area contributed by atoms with Gasteiger partial charge in [-0.1, -0.05) is 24.3 Å². The third-order valence-corrected chi connectivity index (χ3v) is 3.39. The molecule has 0 fully saturated rings. The second-order valence-electron chi connectivity index (χ2n) is 4.84. The molecule has 1 heterocycles. The van der Waals surface area contributed by atoms with Crippen LogP contribution in [0.15, 0.2) is 62.5 Å². The van der Waals surface area contributed by atoms with Gasteiger partial charge in [0.1, 0.15) is 5.75 Å². The Bertz CT molecular complexity index is 906. The Morgan fingerprint density at radius 2 is 1.77 bits per heavy atom. The third kappa shape index (κ3) is 2.65. The van der Waals surface area contributed by atoms with Crippen molar-refractivity contribution in [3.8, 4) is 5.75 Å². The predicted octanol–water partition coefficient (Wildman–Crippen LogP) is 2.40. The van der Waals surface area contributed by atoms with Gasteiger partial charge >= 0.3 is 11.4 Å². The van der Waals surface area contributed by atoms with Gasteiger partial charge in [0.15, 0.2) is 0 Å². The molecule has 0 aliphatic rings. The Labute approximate surface area is 126 Å². The van der Waals surface area contributed by atoms with Gasteiger partial charge in [-0.15, -0.1) is 0 Å². The van der Waals surface area contributed by atoms with Crippen LogP contribution in [0.5, 0.6) is 5.75 Å². The Balaban J connectivity index is 2.04. The molecule has 0 unspecified atom stereocenters. The predicted molar refractivity (Wildman–Crippen MR) is 83.5 cm³/mol. The van der Waals surface area contributed by atoms with Gasteiger partial charge < -0.3 is 9.15 Å². The van der Waals surface area contributed by atoms with Crippen LogP contribution in [0.4, 0.5) is 0 Å². The minimum absolute atomic E-state index is 0.329. The van der Waals surface area contributed by atoms with E-state index in [0.717, 1.165) is 11.3 Å². The fraction of sp³-hybridized carbons (Fsp3) is 0.176. The lowest BCUT2D eigenvalue weighted by atomic mass is 10.2. The van der Waals surface area contributed by atoms with Crippen molar-refractivity contribution in [2.24, 2.45) is 0 Å². The zero-order valence-corrected chi connectivity index (χ0v) is 12.1. The standard InChI is InChI=1S/C17H15NO4/c1-2-21-13-9-7-12(8-10-13)11-18-15-6-4-3-5-14(15)16(19)22-17(18)20/h3-10H,2,11H2,1H3. The minimum Gasteiger partial charge on any atom is -0.494 e. The first-order valence-electron chi connectivity index (χ1n) is 7.03. The summed E-state index contributed by atoms with van der Waals surface area (Å²) >= 11 is 0. The van der Waals surface area contributed by atoms with Gasteiger partial charge in [-0.25, -0.2) is 9.59 Å². The fourth-order valence-corrected chi connectivity index (χ4v) is 2.36. The van der Waals surface area contributed by atoms with Crippen LogP contribution in [0.25, 0.3) is 10.9 Å². The zero-order valence-electron chi connectivity index (χ0n) is 12.1. The van der Waals surface area contributed by atoms with E-state index in [0.29, 0.717) is 24.1 Å². The maximum Gasteiger partial charge on any atom is 0.422 e. The van der Waals surface area contributed by atoms with Gasteiger partial charge in [-0.3, -0.25) is 4.57 Å². The minimum atomic E-state index is -0.655. The molecule has 3 rings (SSSR count). The van der Waals surface area contributed by atoms with E-state index in [1.54, 1.807) is 24.3 Å². The van der Waals surface area contributed by atoms with E-state index in [1.165, 1.54) is 4.57 Å². The van der Waals surface area contributed by atoms with Gasteiger partial charge in [0, 0.05) is 0 Å². The van der Waals surface area contributed by atoms with Crippen molar-refractivity contribution < 1.29 is 9.15 Å². The lowest BCUT2D eigenvalue weighted by Crippen LogP contribution is -2.25. The zero-order chi connectivity index (χ0) is 15.5. The van der Waals surface area contributed by atoms with Crippen molar-refractivity contribution in [1.82, 2.24) is 4.57 Å². The summed E-state index contributed by atoms with van der Waals surface area (Å²) in [6, 6.07) is 14.4. The van der Waals surface area contributed by atoms with E-state index >= 15 is 0 Å². The highest BCUT2D eigenvalue weighted by atomic mass is 16.5. The molecule has 0 saturated heterocycles. The van der Waals surface area contributed by atoms with Crippen molar-refractivity contribution in [3.05, 3.63) is 75.1 Å². The van der Waals surface area contributed by atoms with E-state index in [9.17, 15) is 9.59 Å². The largest absolute Gasteiger partial charge is 0.494 e. The highest BCUT2D eigenvalue weighted by Gasteiger charge is 2.09. The Morgan fingerprint density at radius 1 is 1.05 bits per heavy atom. The number of para-hydroxylation sites is 1. The Kier molecular flexibility index (Phi) is 3.78. The molecule has 0 bridgehead atoms. The molecule has 0 atom stereocenters. The molecule has 2 aromatic carbocycles. The number of rotatable bonds is 4. The molecule has 112 valence electrons. The van der Waals surface area contributed by atoms with Crippen molar-refractivity contribution in [1.29, 1.82) is 0 Å². The molecule has 0 spiro atoms. The number of aromatic nitrogens is 1. The van der Waals surface area contributed by atoms with Crippen LogP contribution in [0, 0.1) is 0 Å². The van der Waals surface area contributed by atoms with E-state index in [1.807, 2.05) is 31.2 Å². The lowest BCUT2D eigenvalue weighted by Gasteiger charge is -2.09. The second-order valence-corrected chi connectivity index (χ2v) is 4.84. The maximum absolute atomic E-state index is 12.0. The number of nitrogens with zero attached hydrogens (tertiary/aromatic N) is 1. The lowest BCUT2D eigenvalue weighted by molar-refractivity contribution is 0.340. The summed E-state index contributed by atoms with van der Waals surface area (Å²) < 4.78 is 11.6. The summed E-state index contributed by atoms with van der Waals surface area (Å²) in [5.74, 6) is 0.126. The molecule has 22 heavy (non-hydrogen) atoms. The van der Waals surface area contributed by atoms with Gasteiger partial charge in [-0.2, -0.15) is 0 Å². The first-order chi connectivity index (χ1) is 10.7. The van der Waals surface area contributed by atoms with E-state index in [2.05, 4.69) is 0 Å². The average Bonchev–Trinajstić information content (AvgIpc) is 2.53. The van der Waals surface area contributed by atoms with Crippen LogP contribution in [0.1, 0.15) is 12.5 Å². The SMILES string of the molecule is CCOc1ccc(Cn2c(=O)oc(=O)c3ccccc32)cc1. The Hall–Kier alpha value is -2.82. The number of ether oxygens (including phenoxy) is 1. The molecule has 0 aliphatic heterocycles. The summed E-state index contributed by atoms with van der Waals surface area (Å²) in [5, 5.41) is 0.396. The highest BCUT2D eigenvalue weighted by Crippen LogP contribution is 2.14. The van der Waals surface area contributed by atoms with Crippen LogP contribution >= 0.6 is 0 Å². The van der Waals surface area contributed by atoms with E-state index in [-0.39, 0.29) is 0 Å². The summed E-state index contributed by atoms with van der Waals surface area (Å²) in [6.45, 7) is 2.86. The first kappa shape index (κ1) is 14.1. The van der Waals surface area contributed by atoms with Crippen molar-refractivity contribution in [2.75, 3.05) is 6.61 Å². The maximum atomic E-state index is 12.0. The molecule has 0 amide bonds. The number of hydrogen-bond acceptors (Lipinski definition) is 4. The molecule has 0 aliphatic carbocycles. The van der Waals surface area contributed by atoms with Crippen molar-refractivity contribution in [2.45, 2.75) is 13.5 Å². The van der Waals surface area contributed by atoms with E-state index < -0.39 is 11.4 Å². The monoisotopic (exact) mass is 297 g/mol. The summed E-state index contributed by atoms with van der Waals surface area (Å²) in [6.07, 6.45) is 0.